The van der Waals surface area contributed by atoms with Gasteiger partial charge in [-0.3, -0.25) is 9.59 Å². The number of carbonyl (C=O) groups excluding carboxylic acids is 2. The molecule has 1 N–H and O–H groups in total. The summed E-state index contributed by atoms with van der Waals surface area (Å²) in [7, 11) is 5.97. The zero-order valence-corrected chi connectivity index (χ0v) is 47.0. The number of allylic oxidation sites excluding steroid dienone is 4. The molecule has 0 aliphatic carbocycles. The molecule has 2 atom stereocenters. The number of hydrogen-bond acceptors (Lipinski definition) is 7. The molecule has 412 valence electrons. The summed E-state index contributed by atoms with van der Waals surface area (Å²) in [4.78, 5) is 37.3. The van der Waals surface area contributed by atoms with Crippen LogP contribution in [0.15, 0.2) is 24.3 Å². The molecule has 0 saturated heterocycles. The van der Waals surface area contributed by atoms with E-state index in [1.54, 1.807) is 0 Å². The van der Waals surface area contributed by atoms with Gasteiger partial charge in [0.25, 0.3) is 6.29 Å². The molecule has 0 aromatic rings. The fourth-order valence-electron chi connectivity index (χ4n) is 8.77. The van der Waals surface area contributed by atoms with Crippen LogP contribution in [0.2, 0.25) is 0 Å². The van der Waals surface area contributed by atoms with Gasteiger partial charge in [0.05, 0.1) is 34.4 Å². The molecule has 0 aliphatic heterocycles. The van der Waals surface area contributed by atoms with Gasteiger partial charge in [-0.15, -0.1) is 0 Å². The van der Waals surface area contributed by atoms with E-state index in [4.69, 9.17) is 18.9 Å². The number of quaternary nitrogens is 1. The molecular formula is C61H116NO8+. The summed E-state index contributed by atoms with van der Waals surface area (Å²) < 4.78 is 22.8. The lowest BCUT2D eigenvalue weighted by Gasteiger charge is -2.25. The van der Waals surface area contributed by atoms with Gasteiger partial charge in [-0.25, -0.2) is 4.79 Å². The zero-order chi connectivity index (χ0) is 51.3. The van der Waals surface area contributed by atoms with Gasteiger partial charge in [0, 0.05) is 12.8 Å². The minimum atomic E-state index is -1.51. The van der Waals surface area contributed by atoms with Crippen LogP contribution in [0.5, 0.6) is 0 Å². The highest BCUT2D eigenvalue weighted by atomic mass is 16.7. The predicted octanol–water partition coefficient (Wildman–Crippen LogP) is 17.5. The quantitative estimate of drug-likeness (QED) is 0.0211. The van der Waals surface area contributed by atoms with Crippen LogP contribution in [-0.2, 0) is 33.3 Å². The first-order valence-corrected chi connectivity index (χ1v) is 30.0. The van der Waals surface area contributed by atoms with Gasteiger partial charge in [0.2, 0.25) is 0 Å². The smallest absolute Gasteiger partial charge is 0.361 e. The Morgan fingerprint density at radius 2 is 0.729 bits per heavy atom. The highest BCUT2D eigenvalue weighted by molar-refractivity contribution is 5.71. The van der Waals surface area contributed by atoms with Crippen LogP contribution in [-0.4, -0.2) is 87.4 Å². The number of carboxylic acids is 1. The van der Waals surface area contributed by atoms with E-state index in [0.29, 0.717) is 17.4 Å². The number of esters is 2. The molecule has 0 bridgehead atoms. The van der Waals surface area contributed by atoms with Crippen molar-refractivity contribution in [2.45, 2.75) is 302 Å². The Morgan fingerprint density at radius 3 is 1.09 bits per heavy atom. The number of ether oxygens (including phenoxy) is 4. The van der Waals surface area contributed by atoms with Crippen molar-refractivity contribution < 1.29 is 42.9 Å². The van der Waals surface area contributed by atoms with Crippen molar-refractivity contribution in [1.82, 2.24) is 0 Å². The van der Waals surface area contributed by atoms with Gasteiger partial charge in [0.1, 0.15) is 13.2 Å². The number of aliphatic carboxylic acids is 1. The van der Waals surface area contributed by atoms with Gasteiger partial charge in [0.15, 0.2) is 6.10 Å². The highest BCUT2D eigenvalue weighted by Crippen LogP contribution is 2.17. The average Bonchev–Trinajstić information content (AvgIpc) is 3.33. The zero-order valence-electron chi connectivity index (χ0n) is 47.0. The van der Waals surface area contributed by atoms with Crippen molar-refractivity contribution in [3.63, 3.8) is 0 Å². The van der Waals surface area contributed by atoms with Crippen LogP contribution < -0.4 is 0 Å². The molecule has 0 spiro atoms. The molecule has 70 heavy (non-hydrogen) atoms. The van der Waals surface area contributed by atoms with Crippen molar-refractivity contribution >= 4 is 17.9 Å². The van der Waals surface area contributed by atoms with E-state index < -0.39 is 24.3 Å². The molecular weight excluding hydrogens is 875 g/mol. The van der Waals surface area contributed by atoms with Crippen LogP contribution in [0.1, 0.15) is 290 Å². The highest BCUT2D eigenvalue weighted by Gasteiger charge is 2.25. The van der Waals surface area contributed by atoms with Crippen molar-refractivity contribution in [3.05, 3.63) is 24.3 Å². The van der Waals surface area contributed by atoms with E-state index in [1.165, 1.54) is 205 Å². The summed E-state index contributed by atoms with van der Waals surface area (Å²) in [6.45, 7) is 4.88. The fourth-order valence-corrected chi connectivity index (χ4v) is 8.77. The lowest BCUT2D eigenvalue weighted by Crippen LogP contribution is -2.40. The molecule has 0 aromatic carbocycles. The Labute approximate surface area is 433 Å². The predicted molar refractivity (Wildman–Crippen MR) is 295 cm³/mol. The Kier molecular flexibility index (Phi) is 51.4. The van der Waals surface area contributed by atoms with E-state index in [0.717, 1.165) is 57.8 Å². The van der Waals surface area contributed by atoms with E-state index >= 15 is 0 Å². The second kappa shape index (κ2) is 53.1. The number of carboxylic acid groups (broad SMARTS) is 1. The lowest BCUT2D eigenvalue weighted by molar-refractivity contribution is -0.870. The topological polar surface area (TPSA) is 108 Å². The summed E-state index contributed by atoms with van der Waals surface area (Å²) in [5, 5.41) is 9.68. The molecule has 0 aromatic heterocycles. The lowest BCUT2D eigenvalue weighted by atomic mass is 10.0. The maximum atomic E-state index is 12.9. The molecule has 0 fully saturated rings. The number of hydrogen-bond donors (Lipinski definition) is 1. The van der Waals surface area contributed by atoms with Crippen LogP contribution >= 0.6 is 0 Å². The summed E-state index contributed by atoms with van der Waals surface area (Å²) in [5.41, 5.74) is 0. The molecule has 9 nitrogen and oxygen atoms in total. The van der Waals surface area contributed by atoms with E-state index in [-0.39, 0.29) is 32.2 Å². The minimum absolute atomic E-state index is 0.182. The third-order valence-electron chi connectivity index (χ3n) is 13.4. The average molecular weight is 992 g/mol. The monoisotopic (exact) mass is 991 g/mol. The van der Waals surface area contributed by atoms with Crippen molar-refractivity contribution in [1.29, 1.82) is 0 Å². The van der Waals surface area contributed by atoms with Gasteiger partial charge in [-0.2, -0.15) is 0 Å². The van der Waals surface area contributed by atoms with E-state index in [2.05, 4.69) is 38.2 Å². The molecule has 9 heteroatoms. The Hall–Kier alpha value is -2.23. The number of likely N-dealkylation sites (N-methyl/N-ethyl adjacent to an activating group) is 1. The number of unbranched alkanes of at least 4 members (excludes halogenated alkanes) is 37. The second-order valence-electron chi connectivity index (χ2n) is 21.7. The van der Waals surface area contributed by atoms with Crippen molar-refractivity contribution in [3.8, 4) is 0 Å². The Morgan fingerprint density at radius 1 is 0.414 bits per heavy atom. The first-order valence-electron chi connectivity index (χ1n) is 30.0. The van der Waals surface area contributed by atoms with Crippen LogP contribution in [0.25, 0.3) is 0 Å². The van der Waals surface area contributed by atoms with Crippen molar-refractivity contribution in [2.24, 2.45) is 0 Å². The molecule has 0 amide bonds. The van der Waals surface area contributed by atoms with Gasteiger partial charge in [-0.1, -0.05) is 237 Å². The number of rotatable bonds is 56. The third-order valence-corrected chi connectivity index (χ3v) is 13.4. The van der Waals surface area contributed by atoms with E-state index in [9.17, 15) is 19.5 Å². The van der Waals surface area contributed by atoms with Crippen LogP contribution in [0.3, 0.4) is 0 Å². The van der Waals surface area contributed by atoms with Gasteiger partial charge >= 0.3 is 17.9 Å². The Balaban J connectivity index is 4.01. The van der Waals surface area contributed by atoms with Gasteiger partial charge < -0.3 is 28.5 Å². The third kappa shape index (κ3) is 53.6. The largest absolute Gasteiger partial charge is 0.477 e. The van der Waals surface area contributed by atoms with E-state index in [1.807, 2.05) is 21.1 Å². The second-order valence-corrected chi connectivity index (χ2v) is 21.7. The van der Waals surface area contributed by atoms with Crippen LogP contribution in [0, 0.1) is 0 Å². The molecule has 0 rings (SSSR count). The standard InChI is InChI=1S/C61H115NO8/c1-6-8-10-12-14-16-18-20-21-22-23-24-25-26-27-28-29-30-31-32-33-34-35-36-37-38-39-40-42-44-46-48-50-52-59(64)70-57(56-69-61(60(65)66)67-54-53-62(3,4)5)55-68-58(63)51-49-47-45-43-41-19-17-15-13-11-9-7-2/h15,17,22-23,57,61H,6-14,16,18-21,24-56H2,1-5H3/p+1/b17-15-,23-22-. The summed E-state index contributed by atoms with van der Waals surface area (Å²) in [6, 6.07) is 0. The summed E-state index contributed by atoms with van der Waals surface area (Å²) in [5.74, 6) is -2.00. The first-order chi connectivity index (χ1) is 34.1. The summed E-state index contributed by atoms with van der Waals surface area (Å²) >= 11 is 0. The maximum Gasteiger partial charge on any atom is 0.361 e. The molecule has 0 heterocycles. The number of nitrogens with zero attached hydrogens (tertiary/aromatic N) is 1. The number of carbonyl (C=O) groups is 3. The Bertz CT molecular complexity index is 1200. The molecule has 0 radical (unpaired) electrons. The molecule has 0 aliphatic rings. The fraction of sp³-hybridized carbons (Fsp3) is 0.885. The minimum Gasteiger partial charge on any atom is -0.477 e. The van der Waals surface area contributed by atoms with Crippen molar-refractivity contribution in [2.75, 3.05) is 47.5 Å². The van der Waals surface area contributed by atoms with Gasteiger partial charge in [-0.05, 0) is 64.2 Å². The maximum absolute atomic E-state index is 12.9. The summed E-state index contributed by atoms with van der Waals surface area (Å²) in [6.07, 6.45) is 60.0. The van der Waals surface area contributed by atoms with Crippen LogP contribution in [0.4, 0.5) is 0 Å². The SMILES string of the molecule is CCCCC/C=C\CCCCCCCC(=O)OCC(COC(OCC[N+](C)(C)C)C(=O)O)OC(=O)CCCCCCCCCCCCCCCCCCCCCCC/C=C\CCCCCCCCCC. The normalized spacial score (nSPS) is 12.9. The molecule has 2 unspecified atom stereocenters. The first kappa shape index (κ1) is 67.8. The molecule has 0 saturated carbocycles.